The third kappa shape index (κ3) is 2.37. The zero-order valence-electron chi connectivity index (χ0n) is 13.2. The van der Waals surface area contributed by atoms with Crippen LogP contribution in [0.4, 0.5) is 0 Å². The van der Waals surface area contributed by atoms with E-state index in [1.165, 1.54) is 5.56 Å². The molecule has 22 heavy (non-hydrogen) atoms. The van der Waals surface area contributed by atoms with Crippen molar-refractivity contribution in [3.63, 3.8) is 0 Å². The van der Waals surface area contributed by atoms with Gasteiger partial charge in [0.05, 0.1) is 7.11 Å². The van der Waals surface area contributed by atoms with Crippen molar-refractivity contribution in [2.45, 2.75) is 24.9 Å². The highest BCUT2D eigenvalue weighted by atomic mass is 16.7. The molecule has 0 bridgehead atoms. The fourth-order valence-corrected chi connectivity index (χ4v) is 3.57. The minimum atomic E-state index is 0.234. The zero-order chi connectivity index (χ0) is 15.7. The normalized spacial score (nSPS) is 27.5. The van der Waals surface area contributed by atoms with Gasteiger partial charge in [-0.15, -0.1) is 13.2 Å². The lowest BCUT2D eigenvalue weighted by molar-refractivity contribution is 0.108. The Bertz CT molecular complexity index is 584. The summed E-state index contributed by atoms with van der Waals surface area (Å²) < 4.78 is 16.5. The van der Waals surface area contributed by atoms with Crippen molar-refractivity contribution < 1.29 is 14.2 Å². The summed E-state index contributed by atoms with van der Waals surface area (Å²) in [7, 11) is 3.80. The Morgan fingerprint density at radius 3 is 2.73 bits per heavy atom. The van der Waals surface area contributed by atoms with E-state index in [1.807, 2.05) is 6.08 Å². The van der Waals surface area contributed by atoms with E-state index in [1.54, 1.807) is 7.11 Å². The molecule has 1 aromatic rings. The van der Waals surface area contributed by atoms with Crippen molar-refractivity contribution in [2.24, 2.45) is 5.92 Å². The summed E-state index contributed by atoms with van der Waals surface area (Å²) in [6, 6.07) is 4.72. The van der Waals surface area contributed by atoms with E-state index in [2.05, 4.69) is 43.3 Å². The molecule has 3 rings (SSSR count). The van der Waals surface area contributed by atoms with E-state index in [4.69, 9.17) is 14.2 Å². The fourth-order valence-electron chi connectivity index (χ4n) is 3.57. The van der Waals surface area contributed by atoms with Gasteiger partial charge in [-0.1, -0.05) is 12.2 Å². The van der Waals surface area contributed by atoms with E-state index in [0.717, 1.165) is 24.3 Å². The van der Waals surface area contributed by atoms with Gasteiger partial charge in [0.25, 0.3) is 0 Å². The topological polar surface area (TPSA) is 30.9 Å². The second-order valence-corrected chi connectivity index (χ2v) is 5.85. The van der Waals surface area contributed by atoms with Crippen LogP contribution in [0.3, 0.4) is 0 Å². The van der Waals surface area contributed by atoms with Gasteiger partial charge in [-0.2, -0.15) is 0 Å². The highest BCUT2D eigenvalue weighted by molar-refractivity contribution is 5.55. The number of rotatable bonds is 4. The Balaban J connectivity index is 2.03. The number of hydrogen-bond donors (Lipinski definition) is 0. The first-order valence-electron chi connectivity index (χ1n) is 7.64. The van der Waals surface area contributed by atoms with Gasteiger partial charge in [0.2, 0.25) is 12.5 Å². The number of likely N-dealkylation sites (tertiary alicyclic amines) is 1. The van der Waals surface area contributed by atoms with E-state index in [9.17, 15) is 0 Å². The van der Waals surface area contributed by atoms with E-state index in [0.29, 0.717) is 17.7 Å². The van der Waals surface area contributed by atoms with Gasteiger partial charge in [0.15, 0.2) is 11.5 Å². The highest BCUT2D eigenvalue weighted by Gasteiger charge is 2.35. The van der Waals surface area contributed by atoms with Crippen LogP contribution in [0.2, 0.25) is 0 Å². The van der Waals surface area contributed by atoms with Crippen LogP contribution in [0.5, 0.6) is 17.2 Å². The predicted molar refractivity (Wildman–Crippen MR) is 86.5 cm³/mol. The first-order chi connectivity index (χ1) is 10.7. The fraction of sp³-hybridized carbons (Fsp3) is 0.444. The predicted octanol–water partition coefficient (Wildman–Crippen LogP) is 3.55. The molecule has 2 aliphatic heterocycles. The van der Waals surface area contributed by atoms with Gasteiger partial charge in [0, 0.05) is 12.1 Å². The zero-order valence-corrected chi connectivity index (χ0v) is 13.2. The molecular formula is C18H23NO3. The van der Waals surface area contributed by atoms with Crippen LogP contribution < -0.4 is 14.2 Å². The Kier molecular flexibility index (Phi) is 4.12. The van der Waals surface area contributed by atoms with E-state index < -0.39 is 0 Å². The summed E-state index contributed by atoms with van der Waals surface area (Å²) in [6.45, 7) is 8.24. The summed E-state index contributed by atoms with van der Waals surface area (Å²) in [6.07, 6.45) is 6.29. The van der Waals surface area contributed by atoms with Gasteiger partial charge < -0.3 is 14.2 Å². The van der Waals surface area contributed by atoms with Crippen LogP contribution in [0.1, 0.15) is 24.4 Å². The van der Waals surface area contributed by atoms with Gasteiger partial charge >= 0.3 is 0 Å². The van der Waals surface area contributed by atoms with Gasteiger partial charge in [-0.05, 0) is 43.5 Å². The molecule has 0 amide bonds. The minimum absolute atomic E-state index is 0.234. The number of benzene rings is 1. The Morgan fingerprint density at radius 2 is 2.05 bits per heavy atom. The first kappa shape index (κ1) is 15.0. The Morgan fingerprint density at radius 1 is 1.23 bits per heavy atom. The van der Waals surface area contributed by atoms with Crippen LogP contribution >= 0.6 is 0 Å². The summed E-state index contributed by atoms with van der Waals surface area (Å²) in [5.74, 6) is 2.57. The maximum Gasteiger partial charge on any atom is 0.231 e. The molecule has 2 aliphatic rings. The molecule has 2 heterocycles. The van der Waals surface area contributed by atoms with E-state index in [-0.39, 0.29) is 12.8 Å². The molecule has 4 nitrogen and oxygen atoms in total. The van der Waals surface area contributed by atoms with E-state index >= 15 is 0 Å². The van der Waals surface area contributed by atoms with Crippen LogP contribution in [0, 0.1) is 5.92 Å². The summed E-state index contributed by atoms with van der Waals surface area (Å²) >= 11 is 0. The molecule has 1 aromatic carbocycles. The molecule has 3 atom stereocenters. The second-order valence-electron chi connectivity index (χ2n) is 5.85. The lowest BCUT2D eigenvalue weighted by Crippen LogP contribution is -2.41. The number of nitrogens with zero attached hydrogens (tertiary/aromatic N) is 1. The summed E-state index contributed by atoms with van der Waals surface area (Å²) in [5.41, 5.74) is 1.17. The Labute approximate surface area is 132 Å². The molecule has 4 heteroatoms. The maximum atomic E-state index is 5.56. The molecule has 0 aromatic heterocycles. The monoisotopic (exact) mass is 301 g/mol. The number of fused-ring (bicyclic) bond motifs is 1. The smallest absolute Gasteiger partial charge is 0.231 e. The third-order valence-electron chi connectivity index (χ3n) is 4.76. The van der Waals surface area contributed by atoms with Crippen molar-refractivity contribution >= 4 is 0 Å². The van der Waals surface area contributed by atoms with Gasteiger partial charge in [0.1, 0.15) is 0 Å². The van der Waals surface area contributed by atoms with Crippen LogP contribution in [0.25, 0.3) is 0 Å². The average molecular weight is 301 g/mol. The molecule has 0 N–H and O–H groups in total. The van der Waals surface area contributed by atoms with Gasteiger partial charge in [-0.25, -0.2) is 0 Å². The molecular weight excluding hydrogens is 278 g/mol. The molecule has 0 aliphatic carbocycles. The lowest BCUT2D eigenvalue weighted by atomic mass is 9.82. The van der Waals surface area contributed by atoms with Crippen molar-refractivity contribution in [3.8, 4) is 17.2 Å². The molecule has 0 spiro atoms. The van der Waals surface area contributed by atoms with Crippen molar-refractivity contribution in [1.82, 2.24) is 4.90 Å². The largest absolute Gasteiger partial charge is 0.493 e. The number of piperidine rings is 1. The first-order valence-corrected chi connectivity index (χ1v) is 7.64. The van der Waals surface area contributed by atoms with Crippen molar-refractivity contribution in [3.05, 3.63) is 43.0 Å². The quantitative estimate of drug-likeness (QED) is 0.796. The summed E-state index contributed by atoms with van der Waals surface area (Å²) in [5, 5.41) is 0. The number of ether oxygens (including phenoxy) is 3. The minimum Gasteiger partial charge on any atom is -0.493 e. The number of methoxy groups -OCH3 is 1. The van der Waals surface area contributed by atoms with Crippen LogP contribution in [-0.2, 0) is 0 Å². The lowest BCUT2D eigenvalue weighted by Gasteiger charge is -2.43. The molecule has 1 saturated heterocycles. The number of hydrogen-bond acceptors (Lipinski definition) is 4. The molecule has 118 valence electrons. The maximum absolute atomic E-state index is 5.56. The summed E-state index contributed by atoms with van der Waals surface area (Å²) in [4.78, 5) is 2.36. The van der Waals surface area contributed by atoms with Gasteiger partial charge in [-0.3, -0.25) is 4.90 Å². The molecule has 0 saturated carbocycles. The molecule has 1 fully saturated rings. The Hall–Kier alpha value is -1.94. The average Bonchev–Trinajstić information content (AvgIpc) is 3.01. The standard InChI is InChI=1S/C18H23NO3/c1-5-12-7-8-14(6-2)19(3)17(12)13-9-15(20-4)18-16(10-13)21-11-22-18/h5-6,9-10,12,14,17H,1-2,7-8,11H2,3-4H3. The third-order valence-corrected chi connectivity index (χ3v) is 4.76. The van der Waals surface area contributed by atoms with Crippen LogP contribution in [0.15, 0.2) is 37.4 Å². The SMILES string of the molecule is C=CC1CCC(C=C)N(C)C1c1cc(OC)c2c(c1)OCO2. The molecule has 0 radical (unpaired) electrons. The van der Waals surface area contributed by atoms with Crippen molar-refractivity contribution in [2.75, 3.05) is 21.0 Å². The van der Waals surface area contributed by atoms with Crippen molar-refractivity contribution in [1.29, 1.82) is 0 Å². The molecule has 3 unspecified atom stereocenters. The number of likely N-dealkylation sites (N-methyl/N-ethyl adjacent to an activating group) is 1. The van der Waals surface area contributed by atoms with Crippen LogP contribution in [-0.4, -0.2) is 31.9 Å². The second kappa shape index (κ2) is 6.05. The highest BCUT2D eigenvalue weighted by Crippen LogP contribution is 2.47.